The Morgan fingerprint density at radius 2 is 1.74 bits per heavy atom. The van der Waals surface area contributed by atoms with Crippen molar-refractivity contribution in [2.24, 2.45) is 0 Å². The van der Waals surface area contributed by atoms with Crippen LogP contribution in [0.1, 0.15) is 49.1 Å². The van der Waals surface area contributed by atoms with E-state index in [9.17, 15) is 9.59 Å². The second kappa shape index (κ2) is 7.18. The summed E-state index contributed by atoms with van der Waals surface area (Å²) in [7, 11) is 1.82. The predicted molar refractivity (Wildman–Crippen MR) is 107 cm³/mol. The Bertz CT molecular complexity index is 840. The molecule has 0 bridgehead atoms. The number of nitrogens with one attached hydrogen (secondary N) is 1. The number of rotatable bonds is 4. The number of anilines is 1. The Balaban J connectivity index is 1.54. The Morgan fingerprint density at radius 3 is 2.48 bits per heavy atom. The monoisotopic (exact) mass is 362 g/mol. The molecule has 1 atom stereocenters. The van der Waals surface area contributed by atoms with E-state index in [1.165, 1.54) is 0 Å². The van der Waals surface area contributed by atoms with Crippen LogP contribution in [0, 0.1) is 0 Å². The highest BCUT2D eigenvalue weighted by atomic mass is 16.2. The zero-order chi connectivity index (χ0) is 18.9. The first-order valence-electron chi connectivity index (χ1n) is 9.81. The molecular formula is C23H26N2O2. The normalized spacial score (nSPS) is 21.0. The molecule has 2 aromatic carbocycles. The lowest BCUT2D eigenvalue weighted by Crippen LogP contribution is -2.45. The highest BCUT2D eigenvalue weighted by molar-refractivity contribution is 5.97. The SMILES string of the molecule is CN1C(=O)CC(CNC(=O)C2(c3ccccc3)CCCC2)c2ccccc21. The van der Waals surface area contributed by atoms with Crippen LogP contribution in [-0.4, -0.2) is 25.4 Å². The Hall–Kier alpha value is -2.62. The van der Waals surface area contributed by atoms with Crippen molar-refractivity contribution in [2.45, 2.75) is 43.4 Å². The zero-order valence-corrected chi connectivity index (χ0v) is 15.8. The van der Waals surface area contributed by atoms with Gasteiger partial charge in [-0.3, -0.25) is 9.59 Å². The summed E-state index contributed by atoms with van der Waals surface area (Å²) in [5, 5.41) is 3.20. The minimum absolute atomic E-state index is 0.0306. The lowest BCUT2D eigenvalue weighted by molar-refractivity contribution is -0.127. The summed E-state index contributed by atoms with van der Waals surface area (Å²) in [4.78, 5) is 27.3. The smallest absolute Gasteiger partial charge is 0.230 e. The van der Waals surface area contributed by atoms with Crippen molar-refractivity contribution in [3.63, 3.8) is 0 Å². The van der Waals surface area contributed by atoms with Gasteiger partial charge in [0, 0.05) is 31.6 Å². The Labute approximate surface area is 160 Å². The van der Waals surface area contributed by atoms with E-state index in [1.54, 1.807) is 4.90 Å². The van der Waals surface area contributed by atoms with E-state index in [4.69, 9.17) is 0 Å². The molecule has 140 valence electrons. The molecule has 4 heteroatoms. The van der Waals surface area contributed by atoms with Crippen LogP contribution in [-0.2, 0) is 15.0 Å². The van der Waals surface area contributed by atoms with Crippen LogP contribution in [0.3, 0.4) is 0 Å². The number of fused-ring (bicyclic) bond motifs is 1. The molecule has 1 fully saturated rings. The molecule has 2 aliphatic rings. The summed E-state index contributed by atoms with van der Waals surface area (Å²) in [5.41, 5.74) is 2.78. The fraction of sp³-hybridized carbons (Fsp3) is 0.391. The second-order valence-electron chi connectivity index (χ2n) is 7.78. The fourth-order valence-electron chi connectivity index (χ4n) is 4.68. The van der Waals surface area contributed by atoms with E-state index >= 15 is 0 Å². The number of para-hydroxylation sites is 1. The molecule has 1 heterocycles. The van der Waals surface area contributed by atoms with Gasteiger partial charge in [0.1, 0.15) is 0 Å². The summed E-state index contributed by atoms with van der Waals surface area (Å²) in [6.45, 7) is 0.504. The van der Waals surface area contributed by atoms with E-state index < -0.39 is 5.41 Å². The molecule has 1 aliphatic carbocycles. The van der Waals surface area contributed by atoms with Crippen LogP contribution < -0.4 is 10.2 Å². The average Bonchev–Trinajstić information content (AvgIpc) is 3.21. The Morgan fingerprint density at radius 1 is 1.07 bits per heavy atom. The molecule has 0 radical (unpaired) electrons. The lowest BCUT2D eigenvalue weighted by Gasteiger charge is -2.33. The molecule has 4 rings (SSSR count). The number of benzene rings is 2. The first-order chi connectivity index (χ1) is 13.1. The van der Waals surface area contributed by atoms with E-state index in [-0.39, 0.29) is 17.7 Å². The van der Waals surface area contributed by atoms with Crippen LogP contribution in [0.4, 0.5) is 5.69 Å². The zero-order valence-electron chi connectivity index (χ0n) is 15.8. The van der Waals surface area contributed by atoms with Gasteiger partial charge in [-0.2, -0.15) is 0 Å². The largest absolute Gasteiger partial charge is 0.355 e. The summed E-state index contributed by atoms with van der Waals surface area (Å²) in [5.74, 6) is 0.240. The van der Waals surface area contributed by atoms with E-state index in [0.717, 1.165) is 42.5 Å². The third kappa shape index (κ3) is 3.14. The summed E-state index contributed by atoms with van der Waals surface area (Å²) in [6, 6.07) is 18.1. The van der Waals surface area contributed by atoms with E-state index in [0.29, 0.717) is 13.0 Å². The molecule has 2 aromatic rings. The minimum Gasteiger partial charge on any atom is -0.355 e. The number of nitrogens with zero attached hydrogens (tertiary/aromatic N) is 1. The lowest BCUT2D eigenvalue weighted by atomic mass is 9.77. The Kier molecular flexibility index (Phi) is 4.73. The number of amides is 2. The van der Waals surface area contributed by atoms with Crippen molar-refractivity contribution in [1.29, 1.82) is 0 Å². The molecule has 1 N–H and O–H groups in total. The van der Waals surface area contributed by atoms with Gasteiger partial charge >= 0.3 is 0 Å². The van der Waals surface area contributed by atoms with Crippen molar-refractivity contribution in [3.8, 4) is 0 Å². The quantitative estimate of drug-likeness (QED) is 0.900. The average molecular weight is 362 g/mol. The number of hydrogen-bond donors (Lipinski definition) is 1. The van der Waals surface area contributed by atoms with Gasteiger partial charge in [0.25, 0.3) is 0 Å². The summed E-state index contributed by atoms with van der Waals surface area (Å²) >= 11 is 0. The van der Waals surface area contributed by atoms with Crippen LogP contribution in [0.25, 0.3) is 0 Å². The molecule has 2 amide bonds. The fourth-order valence-corrected chi connectivity index (χ4v) is 4.68. The van der Waals surface area contributed by atoms with Crippen LogP contribution in [0.5, 0.6) is 0 Å². The van der Waals surface area contributed by atoms with Crippen LogP contribution in [0.2, 0.25) is 0 Å². The first kappa shape index (κ1) is 17.8. The molecular weight excluding hydrogens is 336 g/mol. The third-order valence-electron chi connectivity index (χ3n) is 6.26. The predicted octanol–water partition coefficient (Wildman–Crippen LogP) is 3.76. The maximum atomic E-state index is 13.3. The number of carbonyl (C=O) groups is 2. The molecule has 1 saturated carbocycles. The van der Waals surface area contributed by atoms with Gasteiger partial charge in [0.2, 0.25) is 11.8 Å². The molecule has 0 spiro atoms. The molecule has 4 nitrogen and oxygen atoms in total. The van der Waals surface area contributed by atoms with Gasteiger partial charge in [-0.25, -0.2) is 0 Å². The van der Waals surface area contributed by atoms with Gasteiger partial charge in [-0.15, -0.1) is 0 Å². The standard InChI is InChI=1S/C23H26N2O2/c1-25-20-12-6-5-11-19(20)17(15-21(25)26)16-24-22(27)23(13-7-8-14-23)18-9-3-2-4-10-18/h2-6,9-12,17H,7-8,13-16H2,1H3,(H,24,27). The van der Waals surface area contributed by atoms with Crippen molar-refractivity contribution in [3.05, 3.63) is 65.7 Å². The molecule has 0 aromatic heterocycles. The van der Waals surface area contributed by atoms with Crippen molar-refractivity contribution >= 4 is 17.5 Å². The maximum absolute atomic E-state index is 13.3. The van der Waals surface area contributed by atoms with Gasteiger partial charge in [0.05, 0.1) is 5.41 Å². The van der Waals surface area contributed by atoms with E-state index in [1.807, 2.05) is 43.4 Å². The van der Waals surface area contributed by atoms with Crippen LogP contribution >= 0.6 is 0 Å². The van der Waals surface area contributed by atoms with Crippen molar-refractivity contribution in [1.82, 2.24) is 5.32 Å². The topological polar surface area (TPSA) is 49.4 Å². The third-order valence-corrected chi connectivity index (χ3v) is 6.26. The van der Waals surface area contributed by atoms with Gasteiger partial charge in [0.15, 0.2) is 0 Å². The van der Waals surface area contributed by atoms with Crippen molar-refractivity contribution < 1.29 is 9.59 Å². The minimum atomic E-state index is -0.420. The van der Waals surface area contributed by atoms with E-state index in [2.05, 4.69) is 23.5 Å². The molecule has 1 unspecified atom stereocenters. The second-order valence-corrected chi connectivity index (χ2v) is 7.78. The van der Waals surface area contributed by atoms with Crippen LogP contribution in [0.15, 0.2) is 54.6 Å². The van der Waals surface area contributed by atoms with Gasteiger partial charge < -0.3 is 10.2 Å². The highest BCUT2D eigenvalue weighted by Crippen LogP contribution is 2.41. The number of hydrogen-bond acceptors (Lipinski definition) is 2. The highest BCUT2D eigenvalue weighted by Gasteiger charge is 2.42. The molecule has 1 aliphatic heterocycles. The summed E-state index contributed by atoms with van der Waals surface area (Å²) in [6.07, 6.45) is 4.39. The molecule has 0 saturated heterocycles. The first-order valence-corrected chi connectivity index (χ1v) is 9.81. The van der Waals surface area contributed by atoms with Gasteiger partial charge in [-0.05, 0) is 30.0 Å². The van der Waals surface area contributed by atoms with Gasteiger partial charge in [-0.1, -0.05) is 61.4 Å². The number of carbonyl (C=O) groups excluding carboxylic acids is 2. The maximum Gasteiger partial charge on any atom is 0.230 e. The molecule has 27 heavy (non-hydrogen) atoms. The summed E-state index contributed by atoms with van der Waals surface area (Å²) < 4.78 is 0. The van der Waals surface area contributed by atoms with Crippen molar-refractivity contribution in [2.75, 3.05) is 18.5 Å².